The number of oxazole rings is 1. The summed E-state index contributed by atoms with van der Waals surface area (Å²) in [5, 5.41) is 0. The summed E-state index contributed by atoms with van der Waals surface area (Å²) in [7, 11) is 0. The summed E-state index contributed by atoms with van der Waals surface area (Å²) in [6.07, 6.45) is 0.685. The number of aromatic nitrogens is 1. The molecule has 0 saturated carbocycles. The van der Waals surface area contributed by atoms with Gasteiger partial charge in [-0.05, 0) is 31.0 Å². The smallest absolute Gasteiger partial charge is 0.196 e. The maximum absolute atomic E-state index is 5.61. The number of nitrogens with zero attached hydrogens (tertiary/aromatic N) is 1. The van der Waals surface area contributed by atoms with Crippen LogP contribution in [0.3, 0.4) is 0 Å². The fraction of sp³-hybridized carbons (Fsp3) is 0.364. The lowest BCUT2D eigenvalue weighted by molar-refractivity contribution is 0.531. The first-order valence-electron chi connectivity index (χ1n) is 4.88. The summed E-state index contributed by atoms with van der Waals surface area (Å²) >= 11 is 3.54. The molecule has 1 aromatic carbocycles. The van der Waals surface area contributed by atoms with Crippen molar-refractivity contribution in [2.45, 2.75) is 20.3 Å². The van der Waals surface area contributed by atoms with E-state index in [4.69, 9.17) is 10.2 Å². The van der Waals surface area contributed by atoms with Crippen molar-refractivity contribution in [2.24, 2.45) is 5.73 Å². The molecule has 3 nitrogen and oxygen atoms in total. The quantitative estimate of drug-likeness (QED) is 0.911. The minimum Gasteiger partial charge on any atom is -0.441 e. The fourth-order valence-corrected chi connectivity index (χ4v) is 1.94. The number of halogens is 1. The highest BCUT2D eigenvalue weighted by Gasteiger charge is 2.11. The van der Waals surface area contributed by atoms with Crippen molar-refractivity contribution in [3.05, 3.63) is 27.6 Å². The van der Waals surface area contributed by atoms with Crippen LogP contribution < -0.4 is 5.73 Å². The van der Waals surface area contributed by atoms with Gasteiger partial charge in [0.2, 0.25) is 0 Å². The molecule has 0 saturated heterocycles. The summed E-state index contributed by atoms with van der Waals surface area (Å²) < 4.78 is 6.71. The average Bonchev–Trinajstić information content (AvgIpc) is 2.58. The first-order chi connectivity index (χ1) is 7.13. The van der Waals surface area contributed by atoms with Crippen LogP contribution >= 0.6 is 15.9 Å². The summed E-state index contributed by atoms with van der Waals surface area (Å²) in [5.74, 6) is 0.716. The first kappa shape index (κ1) is 10.6. The van der Waals surface area contributed by atoms with E-state index in [-0.39, 0.29) is 0 Å². The molecular formula is C11H13BrN2O. The zero-order valence-electron chi connectivity index (χ0n) is 8.80. The van der Waals surface area contributed by atoms with Gasteiger partial charge < -0.3 is 10.2 Å². The third-order valence-corrected chi connectivity index (χ3v) is 3.65. The van der Waals surface area contributed by atoms with Gasteiger partial charge in [-0.25, -0.2) is 4.98 Å². The first-order valence-corrected chi connectivity index (χ1v) is 5.68. The van der Waals surface area contributed by atoms with Gasteiger partial charge in [0.15, 0.2) is 11.5 Å². The molecule has 0 aliphatic heterocycles. The highest BCUT2D eigenvalue weighted by Crippen LogP contribution is 2.29. The summed E-state index contributed by atoms with van der Waals surface area (Å²) in [6.45, 7) is 4.64. The Morgan fingerprint density at radius 3 is 2.87 bits per heavy atom. The molecule has 0 radical (unpaired) electrons. The minimum absolute atomic E-state index is 0.562. The minimum atomic E-state index is 0.562. The van der Waals surface area contributed by atoms with Gasteiger partial charge in [-0.2, -0.15) is 0 Å². The Hall–Kier alpha value is -0.870. The second-order valence-corrected chi connectivity index (χ2v) is 4.42. The summed E-state index contributed by atoms with van der Waals surface area (Å²) in [4.78, 5) is 4.43. The van der Waals surface area contributed by atoms with E-state index >= 15 is 0 Å². The molecule has 2 aromatic rings. The van der Waals surface area contributed by atoms with Crippen LogP contribution in [0, 0.1) is 13.8 Å². The van der Waals surface area contributed by atoms with E-state index < -0.39 is 0 Å². The van der Waals surface area contributed by atoms with E-state index in [1.807, 2.05) is 19.9 Å². The number of rotatable bonds is 2. The van der Waals surface area contributed by atoms with Gasteiger partial charge >= 0.3 is 0 Å². The molecule has 2 N–H and O–H groups in total. The predicted molar refractivity (Wildman–Crippen MR) is 63.9 cm³/mol. The predicted octanol–water partition coefficient (Wildman–Crippen LogP) is 2.71. The average molecular weight is 269 g/mol. The largest absolute Gasteiger partial charge is 0.441 e. The second kappa shape index (κ2) is 3.94. The Labute approximate surface area is 96.8 Å². The summed E-state index contributed by atoms with van der Waals surface area (Å²) in [5.41, 5.74) is 9.53. The van der Waals surface area contributed by atoms with Gasteiger partial charge in [0, 0.05) is 17.4 Å². The molecule has 1 heterocycles. The van der Waals surface area contributed by atoms with Gasteiger partial charge in [-0.15, -0.1) is 0 Å². The number of benzene rings is 1. The molecule has 0 aliphatic carbocycles. The van der Waals surface area contributed by atoms with Crippen LogP contribution in [0.2, 0.25) is 0 Å². The molecule has 15 heavy (non-hydrogen) atoms. The monoisotopic (exact) mass is 268 g/mol. The topological polar surface area (TPSA) is 52.0 Å². The molecule has 0 fully saturated rings. The van der Waals surface area contributed by atoms with Crippen LogP contribution in [0.1, 0.15) is 17.0 Å². The Morgan fingerprint density at radius 1 is 1.47 bits per heavy atom. The highest BCUT2D eigenvalue weighted by molar-refractivity contribution is 9.10. The van der Waals surface area contributed by atoms with E-state index in [0.717, 1.165) is 26.7 Å². The molecule has 1 aromatic heterocycles. The van der Waals surface area contributed by atoms with E-state index in [2.05, 4.69) is 20.9 Å². The fourth-order valence-electron chi connectivity index (χ4n) is 1.63. The Bertz CT molecular complexity index is 505. The van der Waals surface area contributed by atoms with E-state index in [1.165, 1.54) is 0 Å². The van der Waals surface area contributed by atoms with E-state index in [0.29, 0.717) is 18.9 Å². The van der Waals surface area contributed by atoms with Crippen molar-refractivity contribution in [2.75, 3.05) is 6.54 Å². The zero-order valence-corrected chi connectivity index (χ0v) is 10.4. The van der Waals surface area contributed by atoms with Crippen LogP contribution in [0.5, 0.6) is 0 Å². The van der Waals surface area contributed by atoms with Crippen molar-refractivity contribution in [3.63, 3.8) is 0 Å². The molecule has 0 aliphatic rings. The second-order valence-electron chi connectivity index (χ2n) is 3.63. The van der Waals surface area contributed by atoms with Crippen LogP contribution in [0.25, 0.3) is 11.1 Å². The standard InChI is InChI=1S/C11H13BrN2O/c1-6-5-8-11(7(2)10(6)12)14-9(15-8)3-4-13/h5H,3-4,13H2,1-2H3. The zero-order chi connectivity index (χ0) is 11.0. The van der Waals surface area contributed by atoms with E-state index in [9.17, 15) is 0 Å². The normalized spacial score (nSPS) is 11.2. The number of nitrogens with two attached hydrogens (primary N) is 1. The van der Waals surface area contributed by atoms with Crippen molar-refractivity contribution in [1.82, 2.24) is 4.98 Å². The van der Waals surface area contributed by atoms with Gasteiger partial charge in [-0.1, -0.05) is 15.9 Å². The third kappa shape index (κ3) is 1.79. The molecular weight excluding hydrogens is 256 g/mol. The van der Waals surface area contributed by atoms with Crippen molar-refractivity contribution in [3.8, 4) is 0 Å². The van der Waals surface area contributed by atoms with Crippen molar-refractivity contribution >= 4 is 27.0 Å². The lowest BCUT2D eigenvalue weighted by Crippen LogP contribution is -2.02. The highest BCUT2D eigenvalue weighted by atomic mass is 79.9. The summed E-state index contributed by atoms with van der Waals surface area (Å²) in [6, 6.07) is 2.00. The van der Waals surface area contributed by atoms with Crippen LogP contribution in [0.4, 0.5) is 0 Å². The molecule has 0 unspecified atom stereocenters. The number of fused-ring (bicyclic) bond motifs is 1. The van der Waals surface area contributed by atoms with Gasteiger partial charge in [0.1, 0.15) is 5.52 Å². The van der Waals surface area contributed by atoms with Crippen LogP contribution in [-0.2, 0) is 6.42 Å². The van der Waals surface area contributed by atoms with Crippen LogP contribution in [0.15, 0.2) is 15.0 Å². The van der Waals surface area contributed by atoms with Gasteiger partial charge in [0.25, 0.3) is 0 Å². The van der Waals surface area contributed by atoms with Gasteiger partial charge in [0.05, 0.1) is 0 Å². The van der Waals surface area contributed by atoms with Gasteiger partial charge in [-0.3, -0.25) is 0 Å². The number of hydrogen-bond donors (Lipinski definition) is 1. The Balaban J connectivity index is 2.65. The maximum atomic E-state index is 5.61. The Morgan fingerprint density at radius 2 is 2.20 bits per heavy atom. The SMILES string of the molecule is Cc1cc2oc(CCN)nc2c(C)c1Br. The van der Waals surface area contributed by atoms with Crippen molar-refractivity contribution < 1.29 is 4.42 Å². The third-order valence-electron chi connectivity index (χ3n) is 2.43. The molecule has 4 heteroatoms. The number of hydrogen-bond acceptors (Lipinski definition) is 3. The molecule has 0 bridgehead atoms. The molecule has 2 rings (SSSR count). The number of aryl methyl sites for hydroxylation is 2. The molecule has 0 spiro atoms. The molecule has 0 amide bonds. The molecule has 80 valence electrons. The maximum Gasteiger partial charge on any atom is 0.196 e. The lowest BCUT2D eigenvalue weighted by atomic mass is 10.1. The lowest BCUT2D eigenvalue weighted by Gasteiger charge is -2.01. The van der Waals surface area contributed by atoms with Crippen LogP contribution in [-0.4, -0.2) is 11.5 Å². The van der Waals surface area contributed by atoms with Crippen molar-refractivity contribution in [1.29, 1.82) is 0 Å². The van der Waals surface area contributed by atoms with E-state index in [1.54, 1.807) is 0 Å². The molecule has 0 atom stereocenters. The Kier molecular flexibility index (Phi) is 2.80.